The number of para-hydroxylation sites is 1. The number of nitrogens with one attached hydrogen (secondary N) is 2. The third-order valence-corrected chi connectivity index (χ3v) is 5.98. The van der Waals surface area contributed by atoms with Crippen LogP contribution in [0.2, 0.25) is 0 Å². The van der Waals surface area contributed by atoms with Gasteiger partial charge in [-0.05, 0) is 43.0 Å². The van der Waals surface area contributed by atoms with Gasteiger partial charge in [0.2, 0.25) is 10.0 Å². The molecule has 1 unspecified atom stereocenters. The molecule has 2 rings (SSSR count). The summed E-state index contributed by atoms with van der Waals surface area (Å²) in [6.07, 6.45) is -0.798. The number of rotatable bonds is 10. The zero-order valence-corrected chi connectivity index (χ0v) is 19.1. The number of nitriles is 1. The van der Waals surface area contributed by atoms with E-state index in [2.05, 4.69) is 16.1 Å². The first-order valence-corrected chi connectivity index (χ1v) is 11.8. The third kappa shape index (κ3) is 7.39. The quantitative estimate of drug-likeness (QED) is 0.587. The van der Waals surface area contributed by atoms with E-state index in [0.29, 0.717) is 22.4 Å². The maximum Gasteiger partial charge on any atom is 0.261 e. The molecule has 31 heavy (non-hydrogen) atoms. The highest BCUT2D eigenvalue weighted by Gasteiger charge is 2.25. The van der Waals surface area contributed by atoms with Gasteiger partial charge in [-0.1, -0.05) is 50.2 Å². The van der Waals surface area contributed by atoms with Crippen LogP contribution in [0.3, 0.4) is 0 Å². The standard InChI is InChI=1S/C23H29N3O4S/c1-16(2)22(30-21-12-8-7-9-18(21)13-24)23(27)25-14-19-10-5-6-11-20(19)15-31(28,29)26-17(3)4/h5-12,16-17,22,26H,14-15H2,1-4H3,(H,25,27). The lowest BCUT2D eigenvalue weighted by Crippen LogP contribution is -2.41. The lowest BCUT2D eigenvalue weighted by Gasteiger charge is -2.22. The van der Waals surface area contributed by atoms with E-state index in [0.717, 1.165) is 0 Å². The van der Waals surface area contributed by atoms with Crippen LogP contribution in [-0.4, -0.2) is 26.5 Å². The van der Waals surface area contributed by atoms with Crippen LogP contribution < -0.4 is 14.8 Å². The van der Waals surface area contributed by atoms with E-state index in [-0.39, 0.29) is 30.2 Å². The van der Waals surface area contributed by atoms with Crippen LogP contribution >= 0.6 is 0 Å². The molecule has 2 aromatic carbocycles. The van der Waals surface area contributed by atoms with E-state index in [4.69, 9.17) is 4.74 Å². The van der Waals surface area contributed by atoms with Gasteiger partial charge < -0.3 is 10.1 Å². The number of amides is 1. The van der Waals surface area contributed by atoms with Gasteiger partial charge in [-0.3, -0.25) is 4.79 Å². The van der Waals surface area contributed by atoms with Crippen LogP contribution in [0.1, 0.15) is 44.4 Å². The predicted octanol–water partition coefficient (Wildman–Crippen LogP) is 3.11. The molecule has 8 heteroatoms. The van der Waals surface area contributed by atoms with Crippen molar-refractivity contribution < 1.29 is 17.9 Å². The molecule has 0 aliphatic rings. The Bertz CT molecular complexity index is 1040. The van der Waals surface area contributed by atoms with Crippen molar-refractivity contribution in [1.29, 1.82) is 5.26 Å². The van der Waals surface area contributed by atoms with Crippen molar-refractivity contribution in [2.24, 2.45) is 5.92 Å². The molecule has 0 heterocycles. The predicted molar refractivity (Wildman–Crippen MR) is 120 cm³/mol. The van der Waals surface area contributed by atoms with Gasteiger partial charge >= 0.3 is 0 Å². The first-order valence-electron chi connectivity index (χ1n) is 10.1. The van der Waals surface area contributed by atoms with Crippen LogP contribution in [0.15, 0.2) is 48.5 Å². The first-order chi connectivity index (χ1) is 14.6. The Morgan fingerprint density at radius 1 is 1.03 bits per heavy atom. The fourth-order valence-electron chi connectivity index (χ4n) is 3.05. The zero-order chi connectivity index (χ0) is 23.0. The summed E-state index contributed by atoms with van der Waals surface area (Å²) >= 11 is 0. The van der Waals surface area contributed by atoms with Gasteiger partial charge in [-0.15, -0.1) is 0 Å². The van der Waals surface area contributed by atoms with Crippen molar-refractivity contribution in [1.82, 2.24) is 10.0 Å². The second-order valence-corrected chi connectivity index (χ2v) is 9.66. The summed E-state index contributed by atoms with van der Waals surface area (Å²) in [6, 6.07) is 15.7. The maximum absolute atomic E-state index is 12.9. The molecule has 0 spiro atoms. The van der Waals surface area contributed by atoms with Crippen LogP contribution in [-0.2, 0) is 27.1 Å². The zero-order valence-electron chi connectivity index (χ0n) is 18.3. The second-order valence-electron chi connectivity index (χ2n) is 7.91. The van der Waals surface area contributed by atoms with E-state index < -0.39 is 16.1 Å². The fraction of sp³-hybridized carbons (Fsp3) is 0.391. The molecule has 166 valence electrons. The topological polar surface area (TPSA) is 108 Å². The van der Waals surface area contributed by atoms with E-state index in [1.54, 1.807) is 62.4 Å². The summed E-state index contributed by atoms with van der Waals surface area (Å²) in [5.74, 6) is -0.292. The summed E-state index contributed by atoms with van der Waals surface area (Å²) in [6.45, 7) is 7.41. The minimum atomic E-state index is -3.49. The van der Waals surface area contributed by atoms with Crippen LogP contribution in [0.5, 0.6) is 5.75 Å². The highest BCUT2D eigenvalue weighted by molar-refractivity contribution is 7.88. The lowest BCUT2D eigenvalue weighted by atomic mass is 10.1. The molecule has 0 fully saturated rings. The van der Waals surface area contributed by atoms with E-state index >= 15 is 0 Å². The summed E-state index contributed by atoms with van der Waals surface area (Å²) in [5.41, 5.74) is 1.69. The minimum Gasteiger partial charge on any atom is -0.479 e. The summed E-state index contributed by atoms with van der Waals surface area (Å²) in [4.78, 5) is 12.9. The Morgan fingerprint density at radius 3 is 2.26 bits per heavy atom. The van der Waals surface area contributed by atoms with Gasteiger partial charge in [0.15, 0.2) is 6.10 Å². The van der Waals surface area contributed by atoms with E-state index in [9.17, 15) is 18.5 Å². The Morgan fingerprint density at radius 2 is 1.65 bits per heavy atom. The summed E-state index contributed by atoms with van der Waals surface area (Å²) in [7, 11) is -3.49. The number of nitrogens with zero attached hydrogens (tertiary/aromatic N) is 1. The highest BCUT2D eigenvalue weighted by atomic mass is 32.2. The monoisotopic (exact) mass is 443 g/mol. The Hall–Kier alpha value is -2.89. The summed E-state index contributed by atoms with van der Waals surface area (Å²) in [5, 5.41) is 12.1. The SMILES string of the molecule is CC(C)NS(=O)(=O)Cc1ccccc1CNC(=O)C(Oc1ccccc1C#N)C(C)C. The van der Waals surface area contributed by atoms with Crippen LogP contribution in [0.25, 0.3) is 0 Å². The Balaban J connectivity index is 2.12. The number of hydrogen-bond donors (Lipinski definition) is 2. The van der Waals surface area contributed by atoms with Gasteiger partial charge in [0.05, 0.1) is 11.3 Å². The smallest absolute Gasteiger partial charge is 0.261 e. The third-order valence-electron chi connectivity index (χ3n) is 4.46. The average molecular weight is 444 g/mol. The minimum absolute atomic E-state index is 0.141. The molecule has 0 saturated carbocycles. The molecular weight excluding hydrogens is 414 g/mol. The van der Waals surface area contributed by atoms with E-state index in [1.165, 1.54) is 0 Å². The Kier molecular flexibility index (Phi) is 8.60. The van der Waals surface area contributed by atoms with Gasteiger partial charge in [0, 0.05) is 12.6 Å². The molecule has 2 N–H and O–H groups in total. The molecule has 0 aliphatic heterocycles. The number of ether oxygens (including phenoxy) is 1. The van der Waals surface area contributed by atoms with Crippen molar-refractivity contribution in [3.05, 3.63) is 65.2 Å². The van der Waals surface area contributed by atoms with Gasteiger partial charge in [-0.25, -0.2) is 13.1 Å². The number of carbonyl (C=O) groups excluding carboxylic acids is 1. The van der Waals surface area contributed by atoms with Crippen LogP contribution in [0, 0.1) is 17.2 Å². The van der Waals surface area contributed by atoms with Crippen molar-refractivity contribution in [2.45, 2.75) is 52.1 Å². The molecular formula is C23H29N3O4S. The normalized spacial score (nSPS) is 12.4. The van der Waals surface area contributed by atoms with Crippen molar-refractivity contribution in [2.75, 3.05) is 0 Å². The molecule has 2 aromatic rings. The van der Waals surface area contributed by atoms with Crippen molar-refractivity contribution in [3.8, 4) is 11.8 Å². The number of hydrogen-bond acceptors (Lipinski definition) is 5. The Labute approximate surface area is 184 Å². The first kappa shape index (κ1) is 24.4. The molecule has 0 saturated heterocycles. The van der Waals surface area contributed by atoms with Crippen molar-refractivity contribution >= 4 is 15.9 Å². The van der Waals surface area contributed by atoms with Gasteiger partial charge in [-0.2, -0.15) is 5.26 Å². The molecule has 0 aromatic heterocycles. The second kappa shape index (κ2) is 10.9. The summed E-state index contributed by atoms with van der Waals surface area (Å²) < 4.78 is 33.1. The van der Waals surface area contributed by atoms with Gasteiger partial charge in [0.1, 0.15) is 11.8 Å². The highest BCUT2D eigenvalue weighted by Crippen LogP contribution is 2.21. The number of sulfonamides is 1. The van der Waals surface area contributed by atoms with E-state index in [1.807, 2.05) is 13.8 Å². The van der Waals surface area contributed by atoms with Crippen LogP contribution in [0.4, 0.5) is 0 Å². The molecule has 0 radical (unpaired) electrons. The van der Waals surface area contributed by atoms with Gasteiger partial charge in [0.25, 0.3) is 5.91 Å². The molecule has 1 atom stereocenters. The molecule has 1 amide bonds. The average Bonchev–Trinajstić information content (AvgIpc) is 2.69. The largest absolute Gasteiger partial charge is 0.479 e. The number of benzene rings is 2. The molecule has 0 aliphatic carbocycles. The fourth-order valence-corrected chi connectivity index (χ4v) is 4.54. The molecule has 0 bridgehead atoms. The lowest BCUT2D eigenvalue weighted by molar-refractivity contribution is -0.130. The van der Waals surface area contributed by atoms with Crippen molar-refractivity contribution in [3.63, 3.8) is 0 Å². The maximum atomic E-state index is 12.9. The molecule has 7 nitrogen and oxygen atoms in total. The number of carbonyl (C=O) groups is 1.